The Morgan fingerprint density at radius 2 is 1.65 bits per heavy atom. The van der Waals surface area contributed by atoms with Gasteiger partial charge in [0, 0.05) is 10.6 Å². The lowest BCUT2D eigenvalue weighted by Gasteiger charge is -2.14. The van der Waals surface area contributed by atoms with Crippen LogP contribution in [-0.4, -0.2) is 9.97 Å². The number of anilines is 2. The second-order valence-corrected chi connectivity index (χ2v) is 7.71. The number of aromatic nitrogens is 2. The molecule has 2 aromatic heterocycles. The molecule has 130 valence electrons. The smallest absolute Gasteiger partial charge is 0.142 e. The van der Waals surface area contributed by atoms with E-state index in [9.17, 15) is 0 Å². The van der Waals surface area contributed by atoms with Crippen molar-refractivity contribution in [3.63, 3.8) is 0 Å². The third-order valence-corrected chi connectivity index (χ3v) is 5.48. The fraction of sp³-hybridized carbons (Fsp3) is 0.182. The van der Waals surface area contributed by atoms with E-state index >= 15 is 0 Å². The molecule has 0 atom stereocenters. The Kier molecular flexibility index (Phi) is 4.43. The van der Waals surface area contributed by atoms with Crippen molar-refractivity contribution in [2.45, 2.75) is 26.7 Å². The number of hydrogen-bond acceptors (Lipinski definition) is 4. The van der Waals surface area contributed by atoms with Gasteiger partial charge in [-0.1, -0.05) is 62.4 Å². The lowest BCUT2D eigenvalue weighted by atomic mass is 10.0. The van der Waals surface area contributed by atoms with Crippen molar-refractivity contribution in [3.8, 4) is 10.4 Å². The zero-order chi connectivity index (χ0) is 18.1. The van der Waals surface area contributed by atoms with Gasteiger partial charge in [-0.2, -0.15) is 0 Å². The lowest BCUT2D eigenvalue weighted by molar-refractivity contribution is 0.869. The molecule has 4 aromatic rings. The first kappa shape index (κ1) is 16.7. The number of fused-ring (bicyclic) bond motifs is 1. The number of rotatable bonds is 4. The highest BCUT2D eigenvalue weighted by molar-refractivity contribution is 7.21. The minimum atomic E-state index is 0.444. The second-order valence-electron chi connectivity index (χ2n) is 6.68. The Balaban J connectivity index is 1.82. The first-order chi connectivity index (χ1) is 12.6. The maximum absolute atomic E-state index is 4.69. The maximum atomic E-state index is 4.69. The normalized spacial score (nSPS) is 11.2. The number of thiophene rings is 1. The fourth-order valence-corrected chi connectivity index (χ4v) is 4.19. The van der Waals surface area contributed by atoms with Crippen LogP contribution in [-0.2, 0) is 0 Å². The lowest BCUT2D eigenvalue weighted by Crippen LogP contribution is -2.01. The molecule has 3 nitrogen and oxygen atoms in total. The van der Waals surface area contributed by atoms with Gasteiger partial charge < -0.3 is 5.32 Å². The summed E-state index contributed by atoms with van der Waals surface area (Å²) in [6, 6.07) is 21.0. The van der Waals surface area contributed by atoms with Crippen molar-refractivity contribution in [3.05, 3.63) is 72.1 Å². The molecule has 0 saturated carbocycles. The minimum Gasteiger partial charge on any atom is -0.339 e. The molecule has 1 N–H and O–H groups in total. The summed E-state index contributed by atoms with van der Waals surface area (Å²) >= 11 is 1.71. The number of nitrogens with one attached hydrogen (secondary N) is 1. The molecular weight excluding hydrogens is 338 g/mol. The van der Waals surface area contributed by atoms with Gasteiger partial charge in [0.2, 0.25) is 0 Å². The Labute approximate surface area is 157 Å². The zero-order valence-electron chi connectivity index (χ0n) is 15.2. The number of nitrogens with zero attached hydrogens (tertiary/aromatic N) is 2. The summed E-state index contributed by atoms with van der Waals surface area (Å²) in [6.45, 7) is 6.36. The molecule has 0 unspecified atom stereocenters. The van der Waals surface area contributed by atoms with E-state index in [1.165, 1.54) is 16.0 Å². The molecule has 0 saturated heterocycles. The van der Waals surface area contributed by atoms with E-state index in [1.807, 2.05) is 13.0 Å². The minimum absolute atomic E-state index is 0.444. The predicted octanol–water partition coefficient (Wildman–Crippen LogP) is 6.53. The molecule has 4 rings (SSSR count). The quantitative estimate of drug-likeness (QED) is 0.450. The third-order valence-electron chi connectivity index (χ3n) is 4.40. The van der Waals surface area contributed by atoms with Crippen molar-refractivity contribution in [1.29, 1.82) is 0 Å². The van der Waals surface area contributed by atoms with Gasteiger partial charge in [-0.05, 0) is 36.1 Å². The highest BCUT2D eigenvalue weighted by atomic mass is 32.1. The standard InChI is InChI=1S/C22H21N3S/c1-14(2)17-11-7-8-12-19(17)25-21-18-13-20(16-9-5-4-6-10-16)26-22(18)24-15(3)23-21/h4-14H,1-3H3,(H,23,24,25). The van der Waals surface area contributed by atoms with Gasteiger partial charge in [-0.3, -0.25) is 0 Å². The second kappa shape index (κ2) is 6.89. The van der Waals surface area contributed by atoms with Gasteiger partial charge >= 0.3 is 0 Å². The van der Waals surface area contributed by atoms with Crippen LogP contribution in [0.3, 0.4) is 0 Å². The summed E-state index contributed by atoms with van der Waals surface area (Å²) in [5.41, 5.74) is 3.60. The summed E-state index contributed by atoms with van der Waals surface area (Å²) in [5, 5.41) is 4.63. The van der Waals surface area contributed by atoms with Crippen molar-refractivity contribution in [2.24, 2.45) is 0 Å². The Hall–Kier alpha value is -2.72. The molecule has 4 heteroatoms. The highest BCUT2D eigenvalue weighted by Gasteiger charge is 2.13. The predicted molar refractivity (Wildman–Crippen MR) is 111 cm³/mol. The Morgan fingerprint density at radius 3 is 2.42 bits per heavy atom. The van der Waals surface area contributed by atoms with E-state index in [0.717, 1.165) is 27.5 Å². The summed E-state index contributed by atoms with van der Waals surface area (Å²) in [6.07, 6.45) is 0. The molecule has 0 aliphatic rings. The van der Waals surface area contributed by atoms with Gasteiger partial charge in [-0.15, -0.1) is 11.3 Å². The van der Waals surface area contributed by atoms with E-state index < -0.39 is 0 Å². The van der Waals surface area contributed by atoms with Crippen molar-refractivity contribution < 1.29 is 0 Å². The summed E-state index contributed by atoms with van der Waals surface area (Å²) < 4.78 is 0. The zero-order valence-corrected chi connectivity index (χ0v) is 16.0. The summed E-state index contributed by atoms with van der Waals surface area (Å²) in [7, 11) is 0. The molecular formula is C22H21N3S. The van der Waals surface area contributed by atoms with Crippen molar-refractivity contribution >= 4 is 33.1 Å². The largest absolute Gasteiger partial charge is 0.339 e. The number of aryl methyl sites for hydroxylation is 1. The van der Waals surface area contributed by atoms with Crippen LogP contribution in [0.25, 0.3) is 20.7 Å². The van der Waals surface area contributed by atoms with E-state index in [0.29, 0.717) is 5.92 Å². The highest BCUT2D eigenvalue weighted by Crippen LogP contribution is 2.37. The van der Waals surface area contributed by atoms with Gasteiger partial charge in [0.25, 0.3) is 0 Å². The summed E-state index contributed by atoms with van der Waals surface area (Å²) in [5.74, 6) is 2.10. The van der Waals surface area contributed by atoms with Crippen LogP contribution in [0.15, 0.2) is 60.7 Å². The van der Waals surface area contributed by atoms with Crippen LogP contribution in [0.2, 0.25) is 0 Å². The Bertz CT molecular complexity index is 1050. The molecule has 2 heterocycles. The summed E-state index contributed by atoms with van der Waals surface area (Å²) in [4.78, 5) is 11.6. The Morgan fingerprint density at radius 1 is 0.923 bits per heavy atom. The first-order valence-corrected chi connectivity index (χ1v) is 9.63. The average molecular weight is 359 g/mol. The maximum Gasteiger partial charge on any atom is 0.142 e. The van der Waals surface area contributed by atoms with Gasteiger partial charge in [0.15, 0.2) is 0 Å². The third kappa shape index (κ3) is 3.20. The molecule has 0 radical (unpaired) electrons. The number of benzene rings is 2. The van der Waals surface area contributed by atoms with E-state index in [1.54, 1.807) is 11.3 Å². The average Bonchev–Trinajstić information content (AvgIpc) is 3.07. The molecule has 0 aliphatic heterocycles. The monoisotopic (exact) mass is 359 g/mol. The number of para-hydroxylation sites is 1. The van der Waals surface area contributed by atoms with Crippen LogP contribution in [0, 0.1) is 6.92 Å². The molecule has 0 fully saturated rings. The number of hydrogen-bond donors (Lipinski definition) is 1. The van der Waals surface area contributed by atoms with Crippen molar-refractivity contribution in [2.75, 3.05) is 5.32 Å². The van der Waals surface area contributed by atoms with Crippen LogP contribution in [0.1, 0.15) is 31.2 Å². The molecule has 0 aliphatic carbocycles. The molecule has 2 aromatic carbocycles. The van der Waals surface area contributed by atoms with E-state index in [4.69, 9.17) is 0 Å². The van der Waals surface area contributed by atoms with Gasteiger partial charge in [-0.25, -0.2) is 9.97 Å². The van der Waals surface area contributed by atoms with Crippen LogP contribution in [0.5, 0.6) is 0 Å². The topological polar surface area (TPSA) is 37.8 Å². The SMILES string of the molecule is Cc1nc(Nc2ccccc2C(C)C)c2cc(-c3ccccc3)sc2n1. The van der Waals surface area contributed by atoms with E-state index in [-0.39, 0.29) is 0 Å². The van der Waals surface area contributed by atoms with E-state index in [2.05, 4.69) is 83.7 Å². The van der Waals surface area contributed by atoms with Gasteiger partial charge in [0.1, 0.15) is 16.5 Å². The molecule has 0 bridgehead atoms. The van der Waals surface area contributed by atoms with Crippen LogP contribution in [0.4, 0.5) is 11.5 Å². The first-order valence-electron chi connectivity index (χ1n) is 8.81. The molecule has 26 heavy (non-hydrogen) atoms. The fourth-order valence-electron chi connectivity index (χ4n) is 3.11. The molecule has 0 amide bonds. The van der Waals surface area contributed by atoms with Crippen LogP contribution < -0.4 is 5.32 Å². The van der Waals surface area contributed by atoms with Crippen molar-refractivity contribution in [1.82, 2.24) is 9.97 Å². The van der Waals surface area contributed by atoms with Crippen LogP contribution >= 0.6 is 11.3 Å². The van der Waals surface area contributed by atoms with Gasteiger partial charge in [0.05, 0.1) is 5.39 Å². The molecule has 0 spiro atoms.